The Morgan fingerprint density at radius 1 is 1.06 bits per heavy atom. The molecule has 0 aromatic heterocycles. The molecule has 0 radical (unpaired) electrons. The first kappa shape index (κ1) is 12.4. The van der Waals surface area contributed by atoms with E-state index < -0.39 is 0 Å². The fraction of sp³-hybridized carbons (Fsp3) is 0.929. The van der Waals surface area contributed by atoms with Gasteiger partial charge in [-0.2, -0.15) is 0 Å². The summed E-state index contributed by atoms with van der Waals surface area (Å²) in [5.41, 5.74) is 0. The topological polar surface area (TPSA) is 41.6 Å². The molecule has 2 saturated heterocycles. The predicted octanol–water partition coefficient (Wildman–Crippen LogP) is 1.85. The number of nitrogens with zero attached hydrogens (tertiary/aromatic N) is 1. The normalized spacial score (nSPS) is 37.1. The number of hydroxylamine groups is 2. The van der Waals surface area contributed by atoms with Crippen LogP contribution < -0.4 is 5.32 Å². The zero-order valence-electron chi connectivity index (χ0n) is 11.1. The second kappa shape index (κ2) is 5.57. The summed E-state index contributed by atoms with van der Waals surface area (Å²) in [4.78, 5) is 17.8. The highest BCUT2D eigenvalue weighted by molar-refractivity contribution is 5.81. The van der Waals surface area contributed by atoms with Crippen LogP contribution in [0.2, 0.25) is 0 Å². The molecule has 18 heavy (non-hydrogen) atoms. The van der Waals surface area contributed by atoms with Crippen molar-refractivity contribution < 1.29 is 9.63 Å². The van der Waals surface area contributed by atoms with Crippen LogP contribution in [-0.4, -0.2) is 36.2 Å². The summed E-state index contributed by atoms with van der Waals surface area (Å²) in [5, 5.41) is 5.18. The maximum atomic E-state index is 12.4. The highest BCUT2D eigenvalue weighted by Crippen LogP contribution is 2.32. The van der Waals surface area contributed by atoms with Gasteiger partial charge in [-0.15, -0.1) is 0 Å². The van der Waals surface area contributed by atoms with Gasteiger partial charge >= 0.3 is 0 Å². The molecule has 0 bridgehead atoms. The fourth-order valence-corrected chi connectivity index (χ4v) is 3.63. The number of rotatable bonds is 1. The van der Waals surface area contributed by atoms with E-state index in [0.717, 1.165) is 31.7 Å². The molecule has 4 nitrogen and oxygen atoms in total. The highest BCUT2D eigenvalue weighted by Gasteiger charge is 2.36. The Hall–Kier alpha value is -0.610. The van der Waals surface area contributed by atoms with E-state index in [1.54, 1.807) is 5.06 Å². The van der Waals surface area contributed by atoms with Crippen LogP contribution in [-0.2, 0) is 9.63 Å². The molecule has 1 N–H and O–H groups in total. The molecule has 0 spiro atoms. The lowest BCUT2D eigenvalue weighted by molar-refractivity contribution is -0.200. The monoisotopic (exact) mass is 252 g/mol. The second-order valence-electron chi connectivity index (χ2n) is 5.93. The van der Waals surface area contributed by atoms with Gasteiger partial charge in [0, 0.05) is 12.6 Å². The summed E-state index contributed by atoms with van der Waals surface area (Å²) in [6.07, 6.45) is 9.62. The van der Waals surface area contributed by atoms with Crippen molar-refractivity contribution in [3.63, 3.8) is 0 Å². The molecule has 3 rings (SSSR count). The van der Waals surface area contributed by atoms with E-state index in [1.807, 2.05) is 0 Å². The lowest BCUT2D eigenvalue weighted by Gasteiger charge is -2.41. The van der Waals surface area contributed by atoms with E-state index in [1.165, 1.54) is 32.1 Å². The van der Waals surface area contributed by atoms with Crippen molar-refractivity contribution in [3.05, 3.63) is 0 Å². The van der Waals surface area contributed by atoms with Crippen molar-refractivity contribution in [1.82, 2.24) is 10.4 Å². The summed E-state index contributed by atoms with van der Waals surface area (Å²) in [7, 11) is 0. The van der Waals surface area contributed by atoms with Gasteiger partial charge in [0.1, 0.15) is 0 Å². The quantitative estimate of drug-likeness (QED) is 0.774. The average molecular weight is 252 g/mol. The van der Waals surface area contributed by atoms with Crippen LogP contribution in [0.3, 0.4) is 0 Å². The van der Waals surface area contributed by atoms with E-state index in [-0.39, 0.29) is 11.9 Å². The second-order valence-corrected chi connectivity index (χ2v) is 5.93. The molecular formula is C14H24N2O2. The third-order valence-electron chi connectivity index (χ3n) is 4.70. The minimum absolute atomic E-state index is 0.00227. The number of amides is 1. The number of carbonyl (C=O) groups is 1. The first-order chi connectivity index (χ1) is 8.84. The molecule has 3 aliphatic rings. The van der Waals surface area contributed by atoms with Crippen molar-refractivity contribution in [2.75, 3.05) is 13.2 Å². The van der Waals surface area contributed by atoms with E-state index in [2.05, 4.69) is 5.32 Å². The molecule has 1 saturated carbocycles. The SMILES string of the molecule is O=C(C1CCC2CCCCC2N1)N1CCCCO1. The summed E-state index contributed by atoms with van der Waals surface area (Å²) in [5.74, 6) is 0.976. The molecule has 0 aromatic carbocycles. The summed E-state index contributed by atoms with van der Waals surface area (Å²) < 4.78 is 0. The molecule has 4 heteroatoms. The van der Waals surface area contributed by atoms with Crippen LogP contribution in [0, 0.1) is 5.92 Å². The Balaban J connectivity index is 1.57. The predicted molar refractivity (Wildman–Crippen MR) is 68.8 cm³/mol. The van der Waals surface area contributed by atoms with Gasteiger partial charge in [0.15, 0.2) is 0 Å². The number of fused-ring (bicyclic) bond motifs is 1. The van der Waals surface area contributed by atoms with E-state index in [9.17, 15) is 4.79 Å². The maximum Gasteiger partial charge on any atom is 0.263 e. The van der Waals surface area contributed by atoms with E-state index >= 15 is 0 Å². The van der Waals surface area contributed by atoms with Crippen molar-refractivity contribution in [1.29, 1.82) is 0 Å². The van der Waals surface area contributed by atoms with E-state index in [4.69, 9.17) is 4.84 Å². The standard InChI is InChI=1S/C14H24N2O2/c17-14(16-9-3-4-10-18-16)13-8-7-11-5-1-2-6-12(11)15-13/h11-13,15H,1-10H2. The molecule has 102 valence electrons. The first-order valence-corrected chi connectivity index (χ1v) is 7.55. The van der Waals surface area contributed by atoms with Gasteiger partial charge < -0.3 is 5.32 Å². The zero-order valence-corrected chi connectivity index (χ0v) is 11.1. The van der Waals surface area contributed by atoms with Gasteiger partial charge in [-0.3, -0.25) is 9.63 Å². The van der Waals surface area contributed by atoms with Crippen LogP contribution in [0.4, 0.5) is 0 Å². The summed E-state index contributed by atoms with van der Waals surface area (Å²) in [6.45, 7) is 1.47. The molecule has 1 aliphatic carbocycles. The third-order valence-corrected chi connectivity index (χ3v) is 4.70. The van der Waals surface area contributed by atoms with Gasteiger partial charge in [-0.05, 0) is 44.4 Å². The fourth-order valence-electron chi connectivity index (χ4n) is 3.63. The van der Waals surface area contributed by atoms with E-state index in [0.29, 0.717) is 12.6 Å². The molecule has 3 atom stereocenters. The number of hydrogen-bond donors (Lipinski definition) is 1. The van der Waals surface area contributed by atoms with Crippen molar-refractivity contribution in [2.24, 2.45) is 5.92 Å². The minimum atomic E-state index is 0.00227. The summed E-state index contributed by atoms with van der Waals surface area (Å²) in [6, 6.07) is 0.577. The molecule has 2 heterocycles. The van der Waals surface area contributed by atoms with Gasteiger partial charge in [0.05, 0.1) is 12.6 Å². The number of piperidine rings is 1. The third kappa shape index (κ3) is 2.54. The Kier molecular flexibility index (Phi) is 3.85. The molecule has 1 amide bonds. The van der Waals surface area contributed by atoms with Crippen LogP contribution in [0.5, 0.6) is 0 Å². The zero-order chi connectivity index (χ0) is 12.4. The molecule has 3 unspecified atom stereocenters. The van der Waals surface area contributed by atoms with Crippen LogP contribution in [0.1, 0.15) is 51.4 Å². The van der Waals surface area contributed by atoms with Crippen molar-refractivity contribution in [3.8, 4) is 0 Å². The number of nitrogens with one attached hydrogen (secondary N) is 1. The number of carbonyl (C=O) groups excluding carboxylic acids is 1. The maximum absolute atomic E-state index is 12.4. The Morgan fingerprint density at radius 2 is 1.94 bits per heavy atom. The Bertz CT molecular complexity index is 302. The highest BCUT2D eigenvalue weighted by atomic mass is 16.7. The molecule has 2 aliphatic heterocycles. The molecular weight excluding hydrogens is 228 g/mol. The largest absolute Gasteiger partial charge is 0.303 e. The summed E-state index contributed by atoms with van der Waals surface area (Å²) >= 11 is 0. The molecule has 3 fully saturated rings. The smallest absolute Gasteiger partial charge is 0.263 e. The van der Waals surface area contributed by atoms with Crippen molar-refractivity contribution >= 4 is 5.91 Å². The number of hydrogen-bond acceptors (Lipinski definition) is 3. The lowest BCUT2D eigenvalue weighted by atomic mass is 9.77. The van der Waals surface area contributed by atoms with Gasteiger partial charge in [-0.1, -0.05) is 12.8 Å². The van der Waals surface area contributed by atoms with Crippen LogP contribution in [0.25, 0.3) is 0 Å². The first-order valence-electron chi connectivity index (χ1n) is 7.55. The minimum Gasteiger partial charge on any atom is -0.303 e. The lowest BCUT2D eigenvalue weighted by Crippen LogP contribution is -2.56. The van der Waals surface area contributed by atoms with Gasteiger partial charge in [0.25, 0.3) is 5.91 Å². The van der Waals surface area contributed by atoms with Crippen molar-refractivity contribution in [2.45, 2.75) is 63.5 Å². The Morgan fingerprint density at radius 3 is 2.78 bits per heavy atom. The Labute approximate surface area is 109 Å². The van der Waals surface area contributed by atoms with Gasteiger partial charge in [0.2, 0.25) is 0 Å². The average Bonchev–Trinajstić information content (AvgIpc) is 2.47. The van der Waals surface area contributed by atoms with Crippen LogP contribution in [0.15, 0.2) is 0 Å². The molecule has 0 aromatic rings. The van der Waals surface area contributed by atoms with Crippen LogP contribution >= 0.6 is 0 Å². The van der Waals surface area contributed by atoms with Gasteiger partial charge in [-0.25, -0.2) is 5.06 Å².